The van der Waals surface area contributed by atoms with Gasteiger partial charge in [-0.1, -0.05) is 194 Å². The van der Waals surface area contributed by atoms with Crippen molar-refractivity contribution in [1.29, 1.82) is 0 Å². The molecule has 63 heavy (non-hydrogen) atoms. The summed E-state index contributed by atoms with van der Waals surface area (Å²) in [4.78, 5) is 15.5. The molecule has 0 bridgehead atoms. The number of benzene rings is 9. The van der Waals surface area contributed by atoms with E-state index in [-0.39, 0.29) is 0 Å². The molecule has 4 nitrogen and oxygen atoms in total. The smallest absolute Gasteiger partial charge is 0.160 e. The van der Waals surface area contributed by atoms with Crippen LogP contribution in [-0.4, -0.2) is 15.0 Å². The van der Waals surface area contributed by atoms with Gasteiger partial charge >= 0.3 is 0 Å². The average molecular weight is 804 g/mol. The van der Waals surface area contributed by atoms with Gasteiger partial charge in [0.2, 0.25) is 0 Å². The molecule has 0 saturated carbocycles. The predicted molar refractivity (Wildman–Crippen MR) is 260 cm³/mol. The zero-order valence-electron chi connectivity index (χ0n) is 34.1. The van der Waals surface area contributed by atoms with Gasteiger partial charge in [-0.25, -0.2) is 15.0 Å². The zero-order chi connectivity index (χ0) is 41.7. The van der Waals surface area contributed by atoms with E-state index in [9.17, 15) is 0 Å². The van der Waals surface area contributed by atoms with Crippen LogP contribution in [0.25, 0.3) is 122 Å². The maximum absolute atomic E-state index is 6.62. The van der Waals surface area contributed by atoms with Crippen molar-refractivity contribution in [3.05, 3.63) is 224 Å². The van der Waals surface area contributed by atoms with Gasteiger partial charge in [-0.2, -0.15) is 0 Å². The third-order valence-electron chi connectivity index (χ3n) is 12.1. The van der Waals surface area contributed by atoms with Crippen molar-refractivity contribution >= 4 is 43.6 Å². The lowest BCUT2D eigenvalue weighted by atomic mass is 9.89. The van der Waals surface area contributed by atoms with Crippen molar-refractivity contribution in [3.8, 4) is 78.5 Å². The van der Waals surface area contributed by atoms with Gasteiger partial charge in [-0.05, 0) is 58.1 Å². The Morgan fingerprint density at radius 2 is 0.810 bits per heavy atom. The molecule has 294 valence electrons. The summed E-state index contributed by atoms with van der Waals surface area (Å²) >= 11 is 0. The third kappa shape index (κ3) is 6.53. The number of hydrogen-bond donors (Lipinski definition) is 0. The summed E-state index contributed by atoms with van der Waals surface area (Å²) in [6, 6.07) is 78.5. The molecule has 0 spiro atoms. The Morgan fingerprint density at radius 3 is 1.52 bits per heavy atom. The van der Waals surface area contributed by atoms with E-state index < -0.39 is 0 Å². The molecule has 0 fully saturated rings. The number of aromatic nitrogens is 3. The zero-order valence-corrected chi connectivity index (χ0v) is 34.1. The molecule has 0 aliphatic rings. The highest BCUT2D eigenvalue weighted by Gasteiger charge is 2.22. The molecule has 0 unspecified atom stereocenters. The first-order valence-electron chi connectivity index (χ1n) is 21.3. The lowest BCUT2D eigenvalue weighted by Crippen LogP contribution is -1.96. The highest BCUT2D eigenvalue weighted by molar-refractivity contribution is 6.27. The van der Waals surface area contributed by atoms with E-state index in [4.69, 9.17) is 19.4 Å². The lowest BCUT2D eigenvalue weighted by Gasteiger charge is -2.16. The molecule has 0 atom stereocenters. The number of nitrogens with zero attached hydrogens (tertiary/aromatic N) is 3. The lowest BCUT2D eigenvalue weighted by molar-refractivity contribution is 0.669. The van der Waals surface area contributed by atoms with Gasteiger partial charge in [-0.3, -0.25) is 0 Å². The number of fused-ring (bicyclic) bond motifs is 6. The molecule has 0 saturated heterocycles. The first-order chi connectivity index (χ1) is 31.2. The molecule has 3 heterocycles. The van der Waals surface area contributed by atoms with Gasteiger partial charge in [0.1, 0.15) is 11.2 Å². The van der Waals surface area contributed by atoms with Crippen molar-refractivity contribution in [3.63, 3.8) is 0 Å². The number of rotatable bonds is 7. The molecule has 0 N–H and O–H groups in total. The second-order valence-corrected chi connectivity index (χ2v) is 15.9. The Kier molecular flexibility index (Phi) is 8.79. The van der Waals surface area contributed by atoms with E-state index in [2.05, 4.69) is 200 Å². The molecule has 0 radical (unpaired) electrons. The summed E-state index contributed by atoms with van der Waals surface area (Å²) in [6.07, 6.45) is 0. The normalized spacial score (nSPS) is 11.5. The highest BCUT2D eigenvalue weighted by atomic mass is 16.3. The molecule has 9 aromatic carbocycles. The molecule has 0 aliphatic carbocycles. The quantitative estimate of drug-likeness (QED) is 0.151. The molecule has 4 heteroatoms. The second kappa shape index (κ2) is 15.2. The minimum atomic E-state index is 0.683. The Labute approximate surface area is 364 Å². The minimum Gasteiger partial charge on any atom is -0.456 e. The van der Waals surface area contributed by atoms with Crippen LogP contribution < -0.4 is 0 Å². The van der Waals surface area contributed by atoms with Gasteiger partial charge in [0.05, 0.1) is 22.6 Å². The van der Waals surface area contributed by atoms with Crippen LogP contribution in [0.5, 0.6) is 0 Å². The maximum Gasteiger partial charge on any atom is 0.160 e. The van der Waals surface area contributed by atoms with Gasteiger partial charge < -0.3 is 4.42 Å². The van der Waals surface area contributed by atoms with Crippen LogP contribution in [-0.2, 0) is 0 Å². The van der Waals surface area contributed by atoms with Crippen molar-refractivity contribution in [2.45, 2.75) is 0 Å². The fraction of sp³-hybridized carbons (Fsp3) is 0. The van der Waals surface area contributed by atoms with Crippen molar-refractivity contribution in [2.75, 3.05) is 0 Å². The predicted octanol–water partition coefficient (Wildman–Crippen LogP) is 15.7. The molecule has 0 amide bonds. The SMILES string of the molecule is c1ccc(-c2cccc(-c3cc(-c4ccccc4)nc(-c4ccc(-c5ccc(-c6c7c(cc8c(-c9ccccc9)nc9ccccc9c68)oc6ccccc67)cc5)cc4)n3)c2)cc1. The Balaban J connectivity index is 0.962. The van der Waals surface area contributed by atoms with Crippen LogP contribution in [0, 0.1) is 0 Å². The highest BCUT2D eigenvalue weighted by Crippen LogP contribution is 2.46. The molecule has 12 rings (SSSR count). The van der Waals surface area contributed by atoms with E-state index in [1.54, 1.807) is 0 Å². The van der Waals surface area contributed by atoms with E-state index in [1.165, 1.54) is 10.9 Å². The number of furan rings is 1. The van der Waals surface area contributed by atoms with Crippen LogP contribution in [0.4, 0.5) is 0 Å². The Hall–Kier alpha value is -8.47. The number of pyridine rings is 1. The summed E-state index contributed by atoms with van der Waals surface area (Å²) in [7, 11) is 0. The summed E-state index contributed by atoms with van der Waals surface area (Å²) in [5.41, 5.74) is 16.3. The van der Waals surface area contributed by atoms with E-state index in [1.807, 2.05) is 24.3 Å². The fourth-order valence-corrected chi connectivity index (χ4v) is 9.03. The van der Waals surface area contributed by atoms with Crippen LogP contribution >= 0.6 is 0 Å². The molecule has 3 aromatic heterocycles. The minimum absolute atomic E-state index is 0.683. The Morgan fingerprint density at radius 1 is 0.286 bits per heavy atom. The summed E-state index contributed by atoms with van der Waals surface area (Å²) in [5.74, 6) is 0.683. The number of hydrogen-bond acceptors (Lipinski definition) is 4. The van der Waals surface area contributed by atoms with Gasteiger partial charge in [0.25, 0.3) is 0 Å². The van der Waals surface area contributed by atoms with E-state index >= 15 is 0 Å². The molecule has 0 aliphatic heterocycles. The standard InChI is InChI=1S/C59H37N3O/c1-4-15-38(16-5-1)45-21-14-22-46(35-45)52-37-51(41-17-6-2-7-18-41)61-59(62-52)44-33-29-40(30-34-44)39-27-31-42(32-28-39)55-56-47-23-10-12-25-50(47)60-58(43-19-8-3-9-20-43)49(56)36-54-57(55)48-24-11-13-26-53(48)63-54/h1-37H. The van der Waals surface area contributed by atoms with Crippen molar-refractivity contribution in [2.24, 2.45) is 0 Å². The first kappa shape index (κ1) is 36.4. The van der Waals surface area contributed by atoms with Crippen LogP contribution in [0.3, 0.4) is 0 Å². The third-order valence-corrected chi connectivity index (χ3v) is 12.1. The monoisotopic (exact) mass is 803 g/mol. The van der Waals surface area contributed by atoms with Gasteiger partial charge in [0.15, 0.2) is 5.82 Å². The summed E-state index contributed by atoms with van der Waals surface area (Å²) in [6.45, 7) is 0. The Bertz CT molecular complexity index is 3640. The van der Waals surface area contributed by atoms with Crippen molar-refractivity contribution in [1.82, 2.24) is 15.0 Å². The largest absolute Gasteiger partial charge is 0.456 e. The second-order valence-electron chi connectivity index (χ2n) is 15.9. The van der Waals surface area contributed by atoms with Crippen LogP contribution in [0.1, 0.15) is 0 Å². The molecular formula is C59H37N3O. The summed E-state index contributed by atoms with van der Waals surface area (Å²) in [5, 5.41) is 5.54. The van der Waals surface area contributed by atoms with E-state index in [0.717, 1.165) is 105 Å². The first-order valence-corrected chi connectivity index (χ1v) is 21.3. The van der Waals surface area contributed by atoms with E-state index in [0.29, 0.717) is 5.82 Å². The topological polar surface area (TPSA) is 51.8 Å². The number of para-hydroxylation sites is 2. The molecular weight excluding hydrogens is 767 g/mol. The van der Waals surface area contributed by atoms with Crippen LogP contribution in [0.15, 0.2) is 229 Å². The average Bonchev–Trinajstić information content (AvgIpc) is 3.74. The van der Waals surface area contributed by atoms with Crippen molar-refractivity contribution < 1.29 is 4.42 Å². The maximum atomic E-state index is 6.62. The molecule has 12 aromatic rings. The van der Waals surface area contributed by atoms with Crippen LogP contribution in [0.2, 0.25) is 0 Å². The van der Waals surface area contributed by atoms with Gasteiger partial charge in [-0.15, -0.1) is 0 Å². The van der Waals surface area contributed by atoms with Gasteiger partial charge in [0, 0.05) is 54.7 Å². The summed E-state index contributed by atoms with van der Waals surface area (Å²) < 4.78 is 6.62. The fourth-order valence-electron chi connectivity index (χ4n) is 9.03.